The number of aromatic nitrogens is 1. The van der Waals surface area contributed by atoms with Crippen LogP contribution in [0.15, 0.2) is 24.4 Å². The van der Waals surface area contributed by atoms with E-state index in [0.29, 0.717) is 22.8 Å². The normalized spacial score (nSPS) is 16.4. The van der Waals surface area contributed by atoms with Crippen molar-refractivity contribution in [2.75, 3.05) is 11.9 Å². The van der Waals surface area contributed by atoms with E-state index in [1.165, 1.54) is 0 Å². The summed E-state index contributed by atoms with van der Waals surface area (Å²) in [5.41, 5.74) is 1.28. The summed E-state index contributed by atoms with van der Waals surface area (Å²) in [5, 5.41) is 24.0. The van der Waals surface area contributed by atoms with Crippen molar-refractivity contribution in [2.45, 2.75) is 24.9 Å². The summed E-state index contributed by atoms with van der Waals surface area (Å²) >= 11 is 6.03. The quantitative estimate of drug-likeness (QED) is 0.910. The third-order valence-corrected chi connectivity index (χ3v) is 4.06. The molecule has 0 unspecified atom stereocenters. The van der Waals surface area contributed by atoms with E-state index >= 15 is 0 Å². The van der Waals surface area contributed by atoms with Crippen molar-refractivity contribution in [3.63, 3.8) is 0 Å². The Labute approximate surface area is 122 Å². The van der Waals surface area contributed by atoms with Crippen LogP contribution in [-0.4, -0.2) is 22.2 Å². The van der Waals surface area contributed by atoms with E-state index in [-0.39, 0.29) is 0 Å². The first-order valence-electron chi connectivity index (χ1n) is 6.56. The third-order valence-electron chi connectivity index (χ3n) is 3.83. The summed E-state index contributed by atoms with van der Waals surface area (Å²) < 4.78 is 0. The van der Waals surface area contributed by atoms with Crippen LogP contribution in [0.2, 0.25) is 5.02 Å². The number of nitrogens with zero attached hydrogens (tertiary/aromatic N) is 2. The monoisotopic (exact) mass is 287 g/mol. The summed E-state index contributed by atoms with van der Waals surface area (Å²) in [4.78, 5) is 4.25. The number of fused-ring (bicyclic) bond motifs is 1. The average molecular weight is 288 g/mol. The van der Waals surface area contributed by atoms with E-state index in [1.54, 1.807) is 18.3 Å². The third kappa shape index (κ3) is 2.31. The van der Waals surface area contributed by atoms with Crippen LogP contribution in [0, 0.1) is 11.3 Å². The van der Waals surface area contributed by atoms with Crippen LogP contribution in [0.5, 0.6) is 0 Å². The van der Waals surface area contributed by atoms with Crippen LogP contribution in [-0.2, 0) is 0 Å². The molecule has 4 nitrogen and oxygen atoms in total. The van der Waals surface area contributed by atoms with Crippen molar-refractivity contribution in [1.29, 1.82) is 5.26 Å². The first kappa shape index (κ1) is 13.2. The molecule has 1 aromatic carbocycles. The van der Waals surface area contributed by atoms with E-state index in [1.807, 2.05) is 6.07 Å². The SMILES string of the molecule is N#Cc1cnc2ccc(Cl)cc2c1NCC1(O)CCC1. The van der Waals surface area contributed by atoms with Crippen molar-refractivity contribution in [3.8, 4) is 6.07 Å². The second kappa shape index (κ2) is 4.93. The molecule has 1 heterocycles. The first-order valence-corrected chi connectivity index (χ1v) is 6.94. The van der Waals surface area contributed by atoms with Crippen molar-refractivity contribution >= 4 is 28.2 Å². The molecule has 20 heavy (non-hydrogen) atoms. The molecule has 102 valence electrons. The van der Waals surface area contributed by atoms with Crippen LogP contribution >= 0.6 is 11.6 Å². The zero-order valence-corrected chi connectivity index (χ0v) is 11.6. The zero-order valence-electron chi connectivity index (χ0n) is 10.9. The number of benzene rings is 1. The number of nitrogens with one attached hydrogen (secondary N) is 1. The predicted molar refractivity (Wildman–Crippen MR) is 78.8 cm³/mol. The molecule has 0 amide bonds. The molecule has 1 aromatic heterocycles. The molecule has 2 aromatic rings. The van der Waals surface area contributed by atoms with Gasteiger partial charge >= 0.3 is 0 Å². The minimum Gasteiger partial charge on any atom is -0.388 e. The van der Waals surface area contributed by atoms with Gasteiger partial charge in [-0.05, 0) is 37.5 Å². The lowest BCUT2D eigenvalue weighted by atomic mass is 9.80. The van der Waals surface area contributed by atoms with E-state index in [2.05, 4.69) is 16.4 Å². The van der Waals surface area contributed by atoms with E-state index in [0.717, 1.165) is 30.2 Å². The van der Waals surface area contributed by atoms with Crippen LogP contribution in [0.1, 0.15) is 24.8 Å². The Balaban J connectivity index is 2.01. The molecule has 0 saturated heterocycles. The van der Waals surface area contributed by atoms with Gasteiger partial charge in [0.05, 0.1) is 22.4 Å². The van der Waals surface area contributed by atoms with Crippen molar-refractivity contribution < 1.29 is 5.11 Å². The molecule has 1 aliphatic carbocycles. The van der Waals surface area contributed by atoms with Gasteiger partial charge in [-0.15, -0.1) is 0 Å². The highest BCUT2D eigenvalue weighted by molar-refractivity contribution is 6.31. The summed E-state index contributed by atoms with van der Waals surface area (Å²) in [7, 11) is 0. The molecule has 0 atom stereocenters. The number of halogens is 1. The molecule has 2 N–H and O–H groups in total. The summed E-state index contributed by atoms with van der Waals surface area (Å²) in [6.07, 6.45) is 4.19. The molecule has 0 radical (unpaired) electrons. The van der Waals surface area contributed by atoms with Gasteiger partial charge in [-0.1, -0.05) is 11.6 Å². The Morgan fingerprint density at radius 1 is 1.45 bits per heavy atom. The minimum absolute atomic E-state index is 0.438. The van der Waals surface area contributed by atoms with Crippen LogP contribution < -0.4 is 5.32 Å². The molecule has 0 spiro atoms. The number of hydrogen-bond acceptors (Lipinski definition) is 4. The number of rotatable bonds is 3. The Morgan fingerprint density at radius 2 is 2.25 bits per heavy atom. The van der Waals surface area contributed by atoms with Crippen molar-refractivity contribution in [1.82, 2.24) is 4.98 Å². The molecule has 0 aliphatic heterocycles. The van der Waals surface area contributed by atoms with Crippen LogP contribution in [0.3, 0.4) is 0 Å². The zero-order chi connectivity index (χ0) is 14.2. The number of hydrogen-bond donors (Lipinski definition) is 2. The largest absolute Gasteiger partial charge is 0.388 e. The standard InChI is InChI=1S/C15H14ClN3O/c16-11-2-3-13-12(6-11)14(10(7-17)8-18-13)19-9-15(20)4-1-5-15/h2-3,6,8,20H,1,4-5,9H2,(H,18,19). The smallest absolute Gasteiger partial charge is 0.103 e. The summed E-state index contributed by atoms with van der Waals surface area (Å²) in [6, 6.07) is 7.51. The molecule has 1 fully saturated rings. The topological polar surface area (TPSA) is 68.9 Å². The average Bonchev–Trinajstić information content (AvgIpc) is 2.42. The number of pyridine rings is 1. The highest BCUT2D eigenvalue weighted by atomic mass is 35.5. The minimum atomic E-state index is -0.652. The number of aliphatic hydroxyl groups is 1. The van der Waals surface area contributed by atoms with Gasteiger partial charge in [-0.3, -0.25) is 4.98 Å². The molecule has 1 saturated carbocycles. The lowest BCUT2D eigenvalue weighted by molar-refractivity contribution is -0.0201. The maximum atomic E-state index is 10.2. The molecule has 3 rings (SSSR count). The fourth-order valence-electron chi connectivity index (χ4n) is 2.45. The molecule has 1 aliphatic rings. The Bertz CT molecular complexity index is 704. The highest BCUT2D eigenvalue weighted by Gasteiger charge is 2.34. The van der Waals surface area contributed by atoms with Gasteiger partial charge in [0.15, 0.2) is 0 Å². The van der Waals surface area contributed by atoms with Gasteiger partial charge < -0.3 is 10.4 Å². The Kier molecular flexibility index (Phi) is 3.25. The molecular weight excluding hydrogens is 274 g/mol. The summed E-state index contributed by atoms with van der Waals surface area (Å²) in [6.45, 7) is 0.438. The summed E-state index contributed by atoms with van der Waals surface area (Å²) in [5.74, 6) is 0. The van der Waals surface area contributed by atoms with Gasteiger partial charge in [0, 0.05) is 23.2 Å². The molecule has 0 bridgehead atoms. The van der Waals surface area contributed by atoms with E-state index in [9.17, 15) is 10.4 Å². The lowest BCUT2D eigenvalue weighted by Gasteiger charge is -2.37. The molecule has 5 heteroatoms. The molecular formula is C15H14ClN3O. The Hall–Kier alpha value is -1.83. The van der Waals surface area contributed by atoms with Crippen LogP contribution in [0.4, 0.5) is 5.69 Å². The fourth-order valence-corrected chi connectivity index (χ4v) is 2.63. The fraction of sp³-hybridized carbons (Fsp3) is 0.333. The second-order valence-corrected chi connectivity index (χ2v) is 5.69. The van der Waals surface area contributed by atoms with Gasteiger partial charge in [0.2, 0.25) is 0 Å². The highest BCUT2D eigenvalue weighted by Crippen LogP contribution is 2.33. The van der Waals surface area contributed by atoms with Gasteiger partial charge in [0.1, 0.15) is 6.07 Å². The van der Waals surface area contributed by atoms with Gasteiger partial charge in [-0.25, -0.2) is 0 Å². The van der Waals surface area contributed by atoms with Crippen molar-refractivity contribution in [2.24, 2.45) is 0 Å². The Morgan fingerprint density at radius 3 is 2.90 bits per heavy atom. The second-order valence-electron chi connectivity index (χ2n) is 5.25. The predicted octanol–water partition coefficient (Wildman–Crippen LogP) is 3.09. The van der Waals surface area contributed by atoms with E-state index in [4.69, 9.17) is 11.6 Å². The maximum absolute atomic E-state index is 10.2. The van der Waals surface area contributed by atoms with Crippen LogP contribution in [0.25, 0.3) is 10.9 Å². The van der Waals surface area contributed by atoms with E-state index < -0.39 is 5.60 Å². The number of nitriles is 1. The lowest BCUT2D eigenvalue weighted by Crippen LogP contribution is -2.43. The number of anilines is 1. The van der Waals surface area contributed by atoms with Crippen molar-refractivity contribution in [3.05, 3.63) is 35.0 Å². The van der Waals surface area contributed by atoms with Gasteiger partial charge in [-0.2, -0.15) is 5.26 Å². The maximum Gasteiger partial charge on any atom is 0.103 e. The van der Waals surface area contributed by atoms with Gasteiger partial charge in [0.25, 0.3) is 0 Å². The first-order chi connectivity index (χ1) is 9.61.